The normalized spacial score (nSPS) is 11.3. The van der Waals surface area contributed by atoms with E-state index in [1.54, 1.807) is 6.07 Å². The second-order valence-corrected chi connectivity index (χ2v) is 5.28. The van der Waals surface area contributed by atoms with Crippen LogP contribution in [0.2, 0.25) is 0 Å². The zero-order chi connectivity index (χ0) is 14.0. The summed E-state index contributed by atoms with van der Waals surface area (Å²) in [6.45, 7) is 0. The molecule has 0 radical (unpaired) electrons. The third-order valence-corrected chi connectivity index (χ3v) is 3.36. The summed E-state index contributed by atoms with van der Waals surface area (Å²) >= 11 is 0. The molecule has 0 bridgehead atoms. The van der Waals surface area contributed by atoms with E-state index in [-0.39, 0.29) is 22.1 Å². The molecule has 5 nitrogen and oxygen atoms in total. The van der Waals surface area contributed by atoms with Gasteiger partial charge < -0.3 is 10.5 Å². The minimum atomic E-state index is -3.96. The van der Waals surface area contributed by atoms with Crippen LogP contribution in [0.4, 0.5) is 10.1 Å². The van der Waals surface area contributed by atoms with E-state index in [1.165, 1.54) is 36.4 Å². The molecule has 0 saturated heterocycles. The fourth-order valence-corrected chi connectivity index (χ4v) is 2.18. The Hall–Kier alpha value is -2.12. The molecule has 0 saturated carbocycles. The van der Waals surface area contributed by atoms with Gasteiger partial charge >= 0.3 is 0 Å². The molecule has 0 atom stereocenters. The maximum absolute atomic E-state index is 13.4. The first-order chi connectivity index (χ1) is 8.89. The average molecular weight is 282 g/mol. The molecule has 0 aliphatic heterocycles. The lowest BCUT2D eigenvalue weighted by Crippen LogP contribution is -2.14. The van der Waals surface area contributed by atoms with Crippen LogP contribution < -0.4 is 15.6 Å². The molecule has 2 aromatic carbocycles. The van der Waals surface area contributed by atoms with Gasteiger partial charge in [0.15, 0.2) is 17.3 Å². The minimum absolute atomic E-state index is 0.0247. The maximum atomic E-state index is 13.4. The molecular formula is C12H11FN2O3S. The number of rotatable bonds is 3. The maximum Gasteiger partial charge on any atom is 0.240 e. The lowest BCUT2D eigenvalue weighted by Gasteiger charge is -2.11. The Morgan fingerprint density at radius 1 is 1.00 bits per heavy atom. The van der Waals surface area contributed by atoms with Gasteiger partial charge in [0.05, 0.1) is 5.69 Å². The molecule has 100 valence electrons. The fraction of sp³-hybridized carbons (Fsp3) is 0. The van der Waals surface area contributed by atoms with E-state index in [1.807, 2.05) is 0 Å². The number of para-hydroxylation sites is 2. The zero-order valence-corrected chi connectivity index (χ0v) is 10.5. The molecule has 0 fully saturated rings. The molecule has 0 aliphatic carbocycles. The van der Waals surface area contributed by atoms with Crippen LogP contribution in [0, 0.1) is 5.82 Å². The van der Waals surface area contributed by atoms with Crippen molar-refractivity contribution >= 4 is 15.7 Å². The van der Waals surface area contributed by atoms with Crippen LogP contribution in [-0.2, 0) is 10.0 Å². The van der Waals surface area contributed by atoms with Gasteiger partial charge in [-0.1, -0.05) is 18.2 Å². The van der Waals surface area contributed by atoms with Crippen LogP contribution in [0.5, 0.6) is 11.5 Å². The van der Waals surface area contributed by atoms with E-state index in [0.29, 0.717) is 0 Å². The predicted octanol–water partition coefficient (Wildman–Crippen LogP) is 1.85. The molecule has 7 heteroatoms. The monoisotopic (exact) mass is 282 g/mol. The summed E-state index contributed by atoms with van der Waals surface area (Å²) in [5, 5.41) is 5.01. The van der Waals surface area contributed by atoms with E-state index < -0.39 is 15.8 Å². The van der Waals surface area contributed by atoms with Gasteiger partial charge in [0, 0.05) is 0 Å². The lowest BCUT2D eigenvalue weighted by atomic mass is 10.3. The van der Waals surface area contributed by atoms with Gasteiger partial charge in [-0.15, -0.1) is 0 Å². The number of hydrogen-bond acceptors (Lipinski definition) is 4. The minimum Gasteiger partial charge on any atom is -0.452 e. The molecular weight excluding hydrogens is 271 g/mol. The SMILES string of the molecule is Nc1c(Oc2ccccc2F)cccc1S(N)(=O)=O. The van der Waals surface area contributed by atoms with Crippen molar-refractivity contribution in [1.29, 1.82) is 0 Å². The van der Waals surface area contributed by atoms with Crippen LogP contribution in [-0.4, -0.2) is 8.42 Å². The summed E-state index contributed by atoms with van der Waals surface area (Å²) in [6.07, 6.45) is 0. The molecule has 0 aromatic heterocycles. The largest absolute Gasteiger partial charge is 0.452 e. The predicted molar refractivity (Wildman–Crippen MR) is 68.7 cm³/mol. The number of nitrogens with two attached hydrogens (primary N) is 2. The second-order valence-electron chi connectivity index (χ2n) is 3.75. The number of halogens is 1. The van der Waals surface area contributed by atoms with Gasteiger partial charge in [0.2, 0.25) is 10.0 Å². The molecule has 0 heterocycles. The van der Waals surface area contributed by atoms with E-state index in [0.717, 1.165) is 0 Å². The summed E-state index contributed by atoms with van der Waals surface area (Å²) in [6, 6.07) is 9.79. The Morgan fingerprint density at radius 3 is 2.26 bits per heavy atom. The quantitative estimate of drug-likeness (QED) is 0.840. The molecule has 4 N–H and O–H groups in total. The van der Waals surface area contributed by atoms with Crippen LogP contribution in [0.1, 0.15) is 0 Å². The van der Waals surface area contributed by atoms with Crippen molar-refractivity contribution in [3.05, 3.63) is 48.3 Å². The van der Waals surface area contributed by atoms with Gasteiger partial charge in [-0.3, -0.25) is 0 Å². The van der Waals surface area contributed by atoms with Crippen LogP contribution in [0.15, 0.2) is 47.4 Å². The van der Waals surface area contributed by atoms with Crippen molar-refractivity contribution in [3.8, 4) is 11.5 Å². The summed E-state index contributed by atoms with van der Waals surface area (Å²) < 4.78 is 41.3. The number of sulfonamides is 1. The van der Waals surface area contributed by atoms with Gasteiger partial charge in [-0.25, -0.2) is 17.9 Å². The first-order valence-corrected chi connectivity index (χ1v) is 6.78. The topological polar surface area (TPSA) is 95.4 Å². The van der Waals surface area contributed by atoms with E-state index in [2.05, 4.69) is 0 Å². The molecule has 0 unspecified atom stereocenters. The molecule has 0 spiro atoms. The second kappa shape index (κ2) is 4.87. The van der Waals surface area contributed by atoms with E-state index in [9.17, 15) is 12.8 Å². The highest BCUT2D eigenvalue weighted by molar-refractivity contribution is 7.89. The Kier molecular flexibility index (Phi) is 3.41. The van der Waals surface area contributed by atoms with Gasteiger partial charge in [-0.05, 0) is 24.3 Å². The first-order valence-electron chi connectivity index (χ1n) is 5.23. The van der Waals surface area contributed by atoms with Gasteiger partial charge in [0.1, 0.15) is 4.90 Å². The Morgan fingerprint density at radius 2 is 1.63 bits per heavy atom. The third-order valence-electron chi connectivity index (χ3n) is 2.39. The Labute approximate surface area is 109 Å². The van der Waals surface area contributed by atoms with Crippen LogP contribution in [0.3, 0.4) is 0 Å². The number of hydrogen-bond donors (Lipinski definition) is 2. The molecule has 0 aliphatic rings. The molecule has 0 amide bonds. The van der Waals surface area contributed by atoms with Crippen molar-refractivity contribution in [3.63, 3.8) is 0 Å². The smallest absolute Gasteiger partial charge is 0.240 e. The summed E-state index contributed by atoms with van der Waals surface area (Å²) in [5.41, 5.74) is 5.50. The lowest BCUT2D eigenvalue weighted by molar-refractivity contribution is 0.443. The Bertz CT molecular complexity index is 717. The van der Waals surface area contributed by atoms with E-state index >= 15 is 0 Å². The molecule has 2 rings (SSSR count). The average Bonchev–Trinajstić information content (AvgIpc) is 2.33. The van der Waals surface area contributed by atoms with Gasteiger partial charge in [-0.2, -0.15) is 0 Å². The Balaban J connectivity index is 2.46. The first kappa shape index (κ1) is 13.3. The number of primary sulfonamides is 1. The van der Waals surface area contributed by atoms with Crippen molar-refractivity contribution in [1.82, 2.24) is 0 Å². The van der Waals surface area contributed by atoms with Crippen LogP contribution >= 0.6 is 0 Å². The standard InChI is InChI=1S/C12H11FN2O3S/c13-8-4-1-2-5-9(8)18-10-6-3-7-11(12(10)14)19(15,16)17/h1-7H,14H2,(H2,15,16,17). The van der Waals surface area contributed by atoms with Crippen molar-refractivity contribution in [2.75, 3.05) is 5.73 Å². The summed E-state index contributed by atoms with van der Waals surface area (Å²) in [5.74, 6) is -0.611. The molecule has 19 heavy (non-hydrogen) atoms. The highest BCUT2D eigenvalue weighted by Crippen LogP contribution is 2.32. The number of benzene rings is 2. The highest BCUT2D eigenvalue weighted by Gasteiger charge is 2.16. The highest BCUT2D eigenvalue weighted by atomic mass is 32.2. The molecule has 2 aromatic rings. The van der Waals surface area contributed by atoms with Crippen LogP contribution in [0.25, 0.3) is 0 Å². The summed E-state index contributed by atoms with van der Waals surface area (Å²) in [7, 11) is -3.96. The van der Waals surface area contributed by atoms with Gasteiger partial charge in [0.25, 0.3) is 0 Å². The van der Waals surface area contributed by atoms with Crippen molar-refractivity contribution < 1.29 is 17.5 Å². The number of ether oxygens (including phenoxy) is 1. The number of nitrogen functional groups attached to an aromatic ring is 1. The van der Waals surface area contributed by atoms with Crippen molar-refractivity contribution in [2.24, 2.45) is 5.14 Å². The third kappa shape index (κ3) is 2.83. The van der Waals surface area contributed by atoms with Crippen molar-refractivity contribution in [2.45, 2.75) is 4.90 Å². The number of anilines is 1. The summed E-state index contributed by atoms with van der Waals surface area (Å²) in [4.78, 5) is -0.263. The van der Waals surface area contributed by atoms with E-state index in [4.69, 9.17) is 15.6 Å². The fourth-order valence-electron chi connectivity index (χ4n) is 1.51. The zero-order valence-electron chi connectivity index (χ0n) is 9.71.